The number of hydrogen-bond donors (Lipinski definition) is 2. The number of esters is 1. The average Bonchev–Trinajstić information content (AvgIpc) is 2.97. The van der Waals surface area contributed by atoms with Crippen molar-refractivity contribution in [2.45, 2.75) is 89.8 Å². The van der Waals surface area contributed by atoms with Crippen molar-refractivity contribution in [3.63, 3.8) is 0 Å². The summed E-state index contributed by atoms with van der Waals surface area (Å²) in [7, 11) is 0. The van der Waals surface area contributed by atoms with E-state index in [1.807, 2.05) is 18.2 Å². The number of carbonyl (C=O) groups is 2. The highest BCUT2D eigenvalue weighted by Gasteiger charge is 2.39. The van der Waals surface area contributed by atoms with Gasteiger partial charge in [0.15, 0.2) is 0 Å². The predicted octanol–water partition coefficient (Wildman–Crippen LogP) is 4.68. The topological polar surface area (TPSA) is 83.8 Å². The van der Waals surface area contributed by atoms with Crippen molar-refractivity contribution in [2.75, 3.05) is 6.61 Å². The van der Waals surface area contributed by atoms with Crippen LogP contribution in [0.25, 0.3) is 0 Å². The molecule has 0 bridgehead atoms. The van der Waals surface area contributed by atoms with Crippen molar-refractivity contribution in [3.05, 3.63) is 37.0 Å². The molecule has 1 aliphatic rings. The molecule has 1 unspecified atom stereocenters. The predicted molar refractivity (Wildman–Crippen MR) is 120 cm³/mol. The number of unbranched alkanes of at least 4 members (excludes halogenated alkanes) is 4. The minimum atomic E-state index is -0.926. The lowest BCUT2D eigenvalue weighted by Gasteiger charge is -2.23. The largest absolute Gasteiger partial charge is 0.466 e. The number of allylic oxidation sites excluding steroid dienone is 2. The number of Topliss-reactive ketones (excluding diaryl/α,β-unsaturated/α-hetero) is 1. The second-order valence-corrected chi connectivity index (χ2v) is 8.36. The Hall–Kier alpha value is -1.72. The van der Waals surface area contributed by atoms with Gasteiger partial charge in [0.2, 0.25) is 0 Å². The van der Waals surface area contributed by atoms with Crippen LogP contribution in [-0.4, -0.2) is 40.3 Å². The molecule has 0 aromatic carbocycles. The summed E-state index contributed by atoms with van der Waals surface area (Å²) in [5, 5.41) is 20.9. The van der Waals surface area contributed by atoms with Gasteiger partial charge in [-0.1, -0.05) is 50.1 Å². The van der Waals surface area contributed by atoms with Gasteiger partial charge in [0, 0.05) is 25.2 Å². The van der Waals surface area contributed by atoms with Gasteiger partial charge < -0.3 is 14.9 Å². The highest BCUT2D eigenvalue weighted by atomic mass is 16.5. The van der Waals surface area contributed by atoms with E-state index < -0.39 is 11.7 Å². The van der Waals surface area contributed by atoms with E-state index in [2.05, 4.69) is 19.6 Å². The summed E-state index contributed by atoms with van der Waals surface area (Å²) in [5.41, 5.74) is -0.926. The van der Waals surface area contributed by atoms with Crippen LogP contribution in [0.1, 0.15) is 78.1 Å². The van der Waals surface area contributed by atoms with E-state index in [4.69, 9.17) is 4.74 Å². The van der Waals surface area contributed by atoms with Gasteiger partial charge in [0.25, 0.3) is 0 Å². The molecule has 0 amide bonds. The molecule has 0 aromatic heterocycles. The Bertz CT molecular complexity index is 594. The number of aliphatic hydroxyl groups is 2. The Morgan fingerprint density at radius 1 is 1.23 bits per heavy atom. The van der Waals surface area contributed by atoms with Crippen molar-refractivity contribution in [1.29, 1.82) is 0 Å². The number of hydrogen-bond acceptors (Lipinski definition) is 5. The highest BCUT2D eigenvalue weighted by molar-refractivity contribution is 5.84. The maximum Gasteiger partial charge on any atom is 0.302 e. The fourth-order valence-corrected chi connectivity index (χ4v) is 3.84. The number of aliphatic hydroxyl groups excluding tert-OH is 1. The van der Waals surface area contributed by atoms with Crippen LogP contribution in [0.15, 0.2) is 37.0 Å². The molecule has 30 heavy (non-hydrogen) atoms. The fourth-order valence-electron chi connectivity index (χ4n) is 3.84. The maximum absolute atomic E-state index is 12.3. The SMILES string of the molecule is C=CC(O)(C/C=C/[C@H]1[C@H](O)CC(=O)[C@@H]1C/C=C\CCCCCOC(C)=O)CCCC. The second kappa shape index (κ2) is 14.3. The Labute approximate surface area is 181 Å². The molecular weight excluding hydrogens is 380 g/mol. The maximum atomic E-state index is 12.3. The van der Waals surface area contributed by atoms with Crippen LogP contribution in [-0.2, 0) is 14.3 Å². The Morgan fingerprint density at radius 3 is 2.67 bits per heavy atom. The first-order chi connectivity index (χ1) is 14.3. The van der Waals surface area contributed by atoms with Crippen LogP contribution in [0.4, 0.5) is 0 Å². The van der Waals surface area contributed by atoms with Crippen LogP contribution < -0.4 is 0 Å². The van der Waals surface area contributed by atoms with Gasteiger partial charge in [-0.15, -0.1) is 6.58 Å². The van der Waals surface area contributed by atoms with Crippen molar-refractivity contribution >= 4 is 11.8 Å². The molecule has 2 N–H and O–H groups in total. The molecule has 4 atom stereocenters. The Morgan fingerprint density at radius 2 is 2.00 bits per heavy atom. The van der Waals surface area contributed by atoms with Gasteiger partial charge in [-0.3, -0.25) is 9.59 Å². The van der Waals surface area contributed by atoms with E-state index in [9.17, 15) is 19.8 Å². The van der Waals surface area contributed by atoms with Crippen molar-refractivity contribution in [3.8, 4) is 0 Å². The minimum Gasteiger partial charge on any atom is -0.466 e. The molecule has 170 valence electrons. The van der Waals surface area contributed by atoms with E-state index in [0.717, 1.165) is 38.5 Å². The minimum absolute atomic E-state index is 0.105. The zero-order valence-corrected chi connectivity index (χ0v) is 18.7. The van der Waals surface area contributed by atoms with Crippen molar-refractivity contribution in [1.82, 2.24) is 0 Å². The van der Waals surface area contributed by atoms with Gasteiger partial charge in [-0.2, -0.15) is 0 Å². The summed E-state index contributed by atoms with van der Waals surface area (Å²) in [6.07, 6.45) is 16.5. The van der Waals surface area contributed by atoms with E-state index in [1.54, 1.807) is 6.08 Å². The van der Waals surface area contributed by atoms with E-state index >= 15 is 0 Å². The first kappa shape index (κ1) is 26.3. The number of carbonyl (C=O) groups excluding carboxylic acids is 2. The molecule has 1 fully saturated rings. The van der Waals surface area contributed by atoms with Gasteiger partial charge >= 0.3 is 5.97 Å². The van der Waals surface area contributed by atoms with Crippen LogP contribution >= 0.6 is 0 Å². The lowest BCUT2D eigenvalue weighted by molar-refractivity contribution is -0.141. The van der Waals surface area contributed by atoms with Crippen LogP contribution in [0.2, 0.25) is 0 Å². The number of ether oxygens (including phenoxy) is 1. The Balaban J connectivity index is 2.45. The van der Waals surface area contributed by atoms with Gasteiger partial charge in [0.05, 0.1) is 18.3 Å². The average molecular weight is 421 g/mol. The standard InChI is InChI=1S/C25H40O5/c1-4-6-16-25(29,5-2)17-13-15-22-21(23(27)19-24(22)28)14-11-9-7-8-10-12-18-30-20(3)26/h5,9,11,13,15,21-22,24,28-29H,2,4,6-8,10,12,14,16-19H2,1,3H3/b11-9-,15-13+/t21-,22-,24-,25?/m1/s1. The molecule has 0 heterocycles. The van der Waals surface area contributed by atoms with E-state index in [-0.39, 0.29) is 30.0 Å². The summed E-state index contributed by atoms with van der Waals surface area (Å²) in [5.74, 6) is -0.541. The molecule has 1 saturated carbocycles. The second-order valence-electron chi connectivity index (χ2n) is 8.36. The summed E-state index contributed by atoms with van der Waals surface area (Å²) < 4.78 is 4.90. The normalized spacial score (nSPS) is 23.9. The smallest absolute Gasteiger partial charge is 0.302 e. The molecule has 5 nitrogen and oxygen atoms in total. The zero-order chi connectivity index (χ0) is 22.4. The third kappa shape index (κ3) is 9.86. The van der Waals surface area contributed by atoms with Gasteiger partial charge in [-0.25, -0.2) is 0 Å². The molecule has 0 saturated heterocycles. The third-order valence-electron chi connectivity index (χ3n) is 5.78. The zero-order valence-electron chi connectivity index (χ0n) is 18.7. The molecule has 5 heteroatoms. The lowest BCUT2D eigenvalue weighted by atomic mass is 9.88. The third-order valence-corrected chi connectivity index (χ3v) is 5.78. The molecule has 1 rings (SSSR count). The molecule has 0 radical (unpaired) electrons. The number of rotatable bonds is 15. The summed E-state index contributed by atoms with van der Waals surface area (Å²) >= 11 is 0. The monoisotopic (exact) mass is 420 g/mol. The summed E-state index contributed by atoms with van der Waals surface area (Å²) in [6, 6.07) is 0. The first-order valence-corrected chi connectivity index (χ1v) is 11.3. The van der Waals surface area contributed by atoms with Gasteiger partial charge in [0.1, 0.15) is 5.78 Å². The van der Waals surface area contributed by atoms with Gasteiger partial charge in [-0.05, 0) is 44.9 Å². The lowest BCUT2D eigenvalue weighted by Crippen LogP contribution is -2.25. The molecule has 0 spiro atoms. The summed E-state index contributed by atoms with van der Waals surface area (Å²) in [6.45, 7) is 7.72. The first-order valence-electron chi connectivity index (χ1n) is 11.3. The van der Waals surface area contributed by atoms with Crippen LogP contribution in [0.5, 0.6) is 0 Å². The molecule has 0 aromatic rings. The molecule has 0 aliphatic heterocycles. The highest BCUT2D eigenvalue weighted by Crippen LogP contribution is 2.34. The quantitative estimate of drug-likeness (QED) is 0.228. The Kier molecular flexibility index (Phi) is 12.6. The van der Waals surface area contributed by atoms with E-state index in [1.165, 1.54) is 6.92 Å². The number of ketones is 1. The summed E-state index contributed by atoms with van der Waals surface area (Å²) in [4.78, 5) is 23.0. The van der Waals surface area contributed by atoms with Crippen molar-refractivity contribution in [2.24, 2.45) is 11.8 Å². The molecular formula is C25H40O5. The fraction of sp³-hybridized carbons (Fsp3) is 0.680. The van der Waals surface area contributed by atoms with Crippen LogP contribution in [0, 0.1) is 11.8 Å². The van der Waals surface area contributed by atoms with Crippen molar-refractivity contribution < 1.29 is 24.5 Å². The van der Waals surface area contributed by atoms with E-state index in [0.29, 0.717) is 25.9 Å². The van der Waals surface area contributed by atoms with Crippen LogP contribution in [0.3, 0.4) is 0 Å². The molecule has 1 aliphatic carbocycles.